The fourth-order valence-electron chi connectivity index (χ4n) is 2.97. The summed E-state index contributed by atoms with van der Waals surface area (Å²) in [6, 6.07) is 24.1. The van der Waals surface area contributed by atoms with E-state index in [0.717, 1.165) is 6.54 Å². The Morgan fingerprint density at radius 1 is 1.00 bits per heavy atom. The van der Waals surface area contributed by atoms with Crippen molar-refractivity contribution in [3.8, 4) is 6.07 Å². The average molecular weight is 262 g/mol. The van der Waals surface area contributed by atoms with Gasteiger partial charge in [0.05, 0.1) is 18.0 Å². The summed E-state index contributed by atoms with van der Waals surface area (Å²) in [6.07, 6.45) is 0. The van der Waals surface area contributed by atoms with E-state index in [2.05, 4.69) is 66.4 Å². The number of hydrogen-bond acceptors (Lipinski definition) is 2. The minimum Gasteiger partial charge on any atom is -0.287 e. The molecule has 1 saturated heterocycles. The molecule has 0 amide bonds. The maximum absolute atomic E-state index is 9.12. The van der Waals surface area contributed by atoms with Gasteiger partial charge in [-0.1, -0.05) is 60.7 Å². The van der Waals surface area contributed by atoms with E-state index in [1.165, 1.54) is 11.1 Å². The van der Waals surface area contributed by atoms with Crippen LogP contribution in [-0.2, 0) is 0 Å². The zero-order chi connectivity index (χ0) is 13.9. The molecule has 0 aliphatic carbocycles. The fraction of sp³-hybridized carbons (Fsp3) is 0.278. The minimum absolute atomic E-state index is 0.157. The van der Waals surface area contributed by atoms with Gasteiger partial charge in [0.1, 0.15) is 0 Å². The molecule has 0 radical (unpaired) electrons. The van der Waals surface area contributed by atoms with Crippen molar-refractivity contribution in [2.24, 2.45) is 5.92 Å². The van der Waals surface area contributed by atoms with Gasteiger partial charge in [0.15, 0.2) is 0 Å². The van der Waals surface area contributed by atoms with Crippen LogP contribution in [0.2, 0.25) is 0 Å². The van der Waals surface area contributed by atoms with E-state index < -0.39 is 0 Å². The summed E-state index contributed by atoms with van der Waals surface area (Å²) >= 11 is 0. The Morgan fingerprint density at radius 2 is 1.50 bits per heavy atom. The van der Waals surface area contributed by atoms with Crippen molar-refractivity contribution in [3.63, 3.8) is 0 Å². The third-order valence-corrected chi connectivity index (χ3v) is 4.24. The average Bonchev–Trinajstić information content (AvgIpc) is 2.52. The van der Waals surface area contributed by atoms with E-state index in [4.69, 9.17) is 5.26 Å². The van der Waals surface area contributed by atoms with E-state index in [1.807, 2.05) is 12.1 Å². The maximum atomic E-state index is 9.12. The van der Waals surface area contributed by atoms with Gasteiger partial charge in [0, 0.05) is 12.6 Å². The highest BCUT2D eigenvalue weighted by atomic mass is 15.2. The molecule has 0 saturated carbocycles. The molecular formula is C18H18N2. The number of benzene rings is 2. The summed E-state index contributed by atoms with van der Waals surface area (Å²) in [5.74, 6) is 0.157. The first kappa shape index (κ1) is 12.9. The molecule has 1 aliphatic heterocycles. The van der Waals surface area contributed by atoms with Gasteiger partial charge >= 0.3 is 0 Å². The Labute approximate surface area is 120 Å². The van der Waals surface area contributed by atoms with Crippen molar-refractivity contribution < 1.29 is 0 Å². The minimum atomic E-state index is 0.157. The number of nitrogens with zero attached hydrogens (tertiary/aromatic N) is 2. The lowest BCUT2D eigenvalue weighted by Crippen LogP contribution is -2.55. The highest BCUT2D eigenvalue weighted by molar-refractivity contribution is 5.33. The van der Waals surface area contributed by atoms with Crippen molar-refractivity contribution in [2.45, 2.75) is 19.0 Å². The summed E-state index contributed by atoms with van der Waals surface area (Å²) < 4.78 is 0. The van der Waals surface area contributed by atoms with Crippen LogP contribution < -0.4 is 0 Å². The molecule has 0 bridgehead atoms. The molecule has 100 valence electrons. The fourth-order valence-corrected chi connectivity index (χ4v) is 2.97. The van der Waals surface area contributed by atoms with Gasteiger partial charge in [0.25, 0.3) is 0 Å². The molecule has 0 aromatic heterocycles. The molecule has 1 aliphatic rings. The molecule has 2 atom stereocenters. The molecule has 0 spiro atoms. The third kappa shape index (κ3) is 2.21. The van der Waals surface area contributed by atoms with Gasteiger partial charge in [-0.2, -0.15) is 5.26 Å². The molecule has 2 aromatic carbocycles. The van der Waals surface area contributed by atoms with E-state index in [-0.39, 0.29) is 12.0 Å². The number of likely N-dealkylation sites (tertiary alicyclic amines) is 1. The second kappa shape index (κ2) is 5.48. The van der Waals surface area contributed by atoms with E-state index in [0.29, 0.717) is 6.04 Å². The van der Waals surface area contributed by atoms with Gasteiger partial charge < -0.3 is 0 Å². The largest absolute Gasteiger partial charge is 0.287 e. The number of rotatable bonds is 3. The first-order valence-electron chi connectivity index (χ1n) is 7.06. The lowest BCUT2D eigenvalue weighted by molar-refractivity contribution is 0.0289. The molecular weight excluding hydrogens is 244 g/mol. The highest BCUT2D eigenvalue weighted by Crippen LogP contribution is 2.37. The highest BCUT2D eigenvalue weighted by Gasteiger charge is 2.40. The van der Waals surface area contributed by atoms with Gasteiger partial charge in [-0.3, -0.25) is 4.90 Å². The second-order valence-corrected chi connectivity index (χ2v) is 5.40. The van der Waals surface area contributed by atoms with Crippen LogP contribution in [0.4, 0.5) is 0 Å². The lowest BCUT2D eigenvalue weighted by atomic mass is 9.85. The maximum Gasteiger partial charge on any atom is 0.0743 e. The molecule has 0 unspecified atom stereocenters. The molecule has 2 nitrogen and oxygen atoms in total. The topological polar surface area (TPSA) is 27.0 Å². The van der Waals surface area contributed by atoms with Crippen LogP contribution in [0.1, 0.15) is 24.1 Å². The van der Waals surface area contributed by atoms with Crippen LogP contribution in [0, 0.1) is 17.2 Å². The quantitative estimate of drug-likeness (QED) is 0.844. The Morgan fingerprint density at radius 3 is 1.90 bits per heavy atom. The standard InChI is InChI=1S/C18H18N2/c1-14-17(12-19)13-20(14)18(15-8-4-2-5-9-15)16-10-6-3-7-11-16/h2-11,14,17-18H,13H2,1H3/t14-,17-/m1/s1. The molecule has 3 rings (SSSR count). The zero-order valence-electron chi connectivity index (χ0n) is 11.6. The van der Waals surface area contributed by atoms with Crippen LogP contribution in [0.25, 0.3) is 0 Å². The Kier molecular flexibility index (Phi) is 3.54. The molecule has 2 aromatic rings. The third-order valence-electron chi connectivity index (χ3n) is 4.24. The summed E-state index contributed by atoms with van der Waals surface area (Å²) in [5, 5.41) is 9.12. The molecule has 20 heavy (non-hydrogen) atoms. The predicted molar refractivity (Wildman–Crippen MR) is 80.0 cm³/mol. The second-order valence-electron chi connectivity index (χ2n) is 5.40. The van der Waals surface area contributed by atoms with Crippen LogP contribution in [0.3, 0.4) is 0 Å². The smallest absolute Gasteiger partial charge is 0.0743 e. The van der Waals surface area contributed by atoms with Crippen LogP contribution in [0.15, 0.2) is 60.7 Å². The van der Waals surface area contributed by atoms with Crippen molar-refractivity contribution >= 4 is 0 Å². The van der Waals surface area contributed by atoms with E-state index in [1.54, 1.807) is 0 Å². The SMILES string of the molecule is C[C@@H]1[C@H](C#N)CN1C(c1ccccc1)c1ccccc1. The Balaban J connectivity index is 1.96. The monoisotopic (exact) mass is 262 g/mol. The lowest BCUT2D eigenvalue weighted by Gasteiger charge is -2.48. The summed E-state index contributed by atoms with van der Waals surface area (Å²) in [6.45, 7) is 3.00. The van der Waals surface area contributed by atoms with E-state index >= 15 is 0 Å². The van der Waals surface area contributed by atoms with Gasteiger partial charge in [-0.05, 0) is 18.1 Å². The van der Waals surface area contributed by atoms with Crippen molar-refractivity contribution in [1.29, 1.82) is 5.26 Å². The van der Waals surface area contributed by atoms with Crippen molar-refractivity contribution in [1.82, 2.24) is 4.90 Å². The first-order valence-corrected chi connectivity index (χ1v) is 7.06. The molecule has 0 N–H and O–H groups in total. The summed E-state index contributed by atoms with van der Waals surface area (Å²) in [4.78, 5) is 2.42. The van der Waals surface area contributed by atoms with E-state index in [9.17, 15) is 0 Å². The van der Waals surface area contributed by atoms with Crippen LogP contribution in [-0.4, -0.2) is 17.5 Å². The number of nitriles is 1. The summed E-state index contributed by atoms with van der Waals surface area (Å²) in [5.41, 5.74) is 2.59. The molecule has 1 heterocycles. The zero-order valence-corrected chi connectivity index (χ0v) is 11.6. The Bertz CT molecular complexity index is 561. The van der Waals surface area contributed by atoms with Gasteiger partial charge in [-0.15, -0.1) is 0 Å². The van der Waals surface area contributed by atoms with Crippen molar-refractivity contribution in [2.75, 3.05) is 6.54 Å². The molecule has 2 heteroatoms. The first-order chi connectivity index (χ1) is 9.81. The normalized spacial score (nSPS) is 22.2. The number of hydrogen-bond donors (Lipinski definition) is 0. The van der Waals surface area contributed by atoms with Crippen LogP contribution in [0.5, 0.6) is 0 Å². The predicted octanol–water partition coefficient (Wildman–Crippen LogP) is 3.62. The van der Waals surface area contributed by atoms with Crippen LogP contribution >= 0.6 is 0 Å². The van der Waals surface area contributed by atoms with Gasteiger partial charge in [-0.25, -0.2) is 0 Å². The van der Waals surface area contributed by atoms with Gasteiger partial charge in [0.2, 0.25) is 0 Å². The summed E-state index contributed by atoms with van der Waals surface area (Å²) in [7, 11) is 0. The van der Waals surface area contributed by atoms with Crippen molar-refractivity contribution in [3.05, 3.63) is 71.8 Å². The molecule has 1 fully saturated rings. The Hall–Kier alpha value is -2.11.